The zero-order valence-electron chi connectivity index (χ0n) is 14.9. The van der Waals surface area contributed by atoms with Gasteiger partial charge in [-0.25, -0.2) is 4.79 Å². The van der Waals surface area contributed by atoms with Gasteiger partial charge < -0.3 is 20.1 Å². The summed E-state index contributed by atoms with van der Waals surface area (Å²) >= 11 is 0. The zero-order chi connectivity index (χ0) is 18.3. The number of amides is 2. The smallest absolute Gasteiger partial charge is 0.317 e. The molecule has 0 heterocycles. The Morgan fingerprint density at radius 1 is 1.29 bits per heavy atom. The average molecular weight is 343 g/mol. The van der Waals surface area contributed by atoms with Gasteiger partial charge in [0.05, 0.1) is 19.6 Å². The number of carbonyl (C=O) groups is 3. The van der Waals surface area contributed by atoms with E-state index in [-0.39, 0.29) is 43.1 Å². The number of rotatable bonds is 9. The Hall–Kier alpha value is -1.83. The van der Waals surface area contributed by atoms with Gasteiger partial charge in [-0.15, -0.1) is 0 Å². The largest absolute Gasteiger partial charge is 0.480 e. The molecule has 2 amide bonds. The summed E-state index contributed by atoms with van der Waals surface area (Å²) in [7, 11) is 1.65. The SMILES string of the molecule is CCOC(=O)CC(C)N(C)C(=O)NC1CC(N(CC)CC(=O)O)C1. The van der Waals surface area contributed by atoms with Gasteiger partial charge in [0, 0.05) is 25.2 Å². The van der Waals surface area contributed by atoms with E-state index in [9.17, 15) is 14.4 Å². The minimum Gasteiger partial charge on any atom is -0.480 e. The predicted octanol–water partition coefficient (Wildman–Crippen LogP) is 0.907. The van der Waals surface area contributed by atoms with Crippen LogP contribution in [0.15, 0.2) is 0 Å². The molecule has 8 heteroatoms. The van der Waals surface area contributed by atoms with Crippen molar-refractivity contribution in [2.24, 2.45) is 0 Å². The zero-order valence-corrected chi connectivity index (χ0v) is 14.9. The molecular weight excluding hydrogens is 314 g/mol. The number of carboxylic acid groups (broad SMARTS) is 1. The number of hydrogen-bond acceptors (Lipinski definition) is 5. The first kappa shape index (κ1) is 20.2. The van der Waals surface area contributed by atoms with Crippen molar-refractivity contribution in [1.82, 2.24) is 15.1 Å². The minimum atomic E-state index is -0.836. The van der Waals surface area contributed by atoms with Crippen molar-refractivity contribution in [2.45, 2.75) is 58.2 Å². The first-order valence-electron chi connectivity index (χ1n) is 8.43. The third-order valence-electron chi connectivity index (χ3n) is 4.45. The summed E-state index contributed by atoms with van der Waals surface area (Å²) in [6.45, 7) is 6.50. The third kappa shape index (κ3) is 5.99. The lowest BCUT2D eigenvalue weighted by Crippen LogP contribution is -2.57. The van der Waals surface area contributed by atoms with Crippen LogP contribution in [0.25, 0.3) is 0 Å². The number of carbonyl (C=O) groups excluding carboxylic acids is 2. The molecule has 1 rings (SSSR count). The molecule has 0 spiro atoms. The lowest BCUT2D eigenvalue weighted by Gasteiger charge is -2.42. The average Bonchev–Trinajstić information content (AvgIpc) is 2.47. The molecule has 0 aliphatic heterocycles. The van der Waals surface area contributed by atoms with Crippen LogP contribution >= 0.6 is 0 Å². The number of hydrogen-bond donors (Lipinski definition) is 2. The van der Waals surface area contributed by atoms with Crippen molar-refractivity contribution >= 4 is 18.0 Å². The van der Waals surface area contributed by atoms with Gasteiger partial charge in [0.15, 0.2) is 0 Å². The molecule has 0 bridgehead atoms. The van der Waals surface area contributed by atoms with Gasteiger partial charge in [-0.2, -0.15) is 0 Å². The number of esters is 1. The van der Waals surface area contributed by atoms with Crippen LogP contribution in [0.4, 0.5) is 4.79 Å². The summed E-state index contributed by atoms with van der Waals surface area (Å²) < 4.78 is 4.89. The van der Waals surface area contributed by atoms with Gasteiger partial charge in [0.2, 0.25) is 0 Å². The normalized spacial score (nSPS) is 20.9. The van der Waals surface area contributed by atoms with Gasteiger partial charge in [-0.1, -0.05) is 6.92 Å². The Labute approximate surface area is 143 Å². The topological polar surface area (TPSA) is 99.2 Å². The maximum absolute atomic E-state index is 12.2. The van der Waals surface area contributed by atoms with Crippen LogP contribution in [0.3, 0.4) is 0 Å². The number of nitrogens with one attached hydrogen (secondary N) is 1. The lowest BCUT2D eigenvalue weighted by molar-refractivity contribution is -0.144. The van der Waals surface area contributed by atoms with E-state index in [0.29, 0.717) is 13.2 Å². The predicted molar refractivity (Wildman–Crippen MR) is 88.7 cm³/mol. The van der Waals surface area contributed by atoms with E-state index in [1.54, 1.807) is 20.9 Å². The number of nitrogens with zero attached hydrogens (tertiary/aromatic N) is 2. The minimum absolute atomic E-state index is 0.0261. The van der Waals surface area contributed by atoms with Crippen LogP contribution in [0.2, 0.25) is 0 Å². The van der Waals surface area contributed by atoms with E-state index in [4.69, 9.17) is 9.84 Å². The van der Waals surface area contributed by atoms with Crippen molar-refractivity contribution in [3.05, 3.63) is 0 Å². The van der Waals surface area contributed by atoms with E-state index in [0.717, 1.165) is 12.8 Å². The highest BCUT2D eigenvalue weighted by atomic mass is 16.5. The van der Waals surface area contributed by atoms with E-state index >= 15 is 0 Å². The van der Waals surface area contributed by atoms with Gasteiger partial charge >= 0.3 is 18.0 Å². The summed E-state index contributed by atoms with van der Waals surface area (Å²) in [5.74, 6) is -1.16. The van der Waals surface area contributed by atoms with Crippen molar-refractivity contribution in [2.75, 3.05) is 26.7 Å². The summed E-state index contributed by atoms with van der Waals surface area (Å²) in [4.78, 5) is 37.9. The van der Waals surface area contributed by atoms with Crippen LogP contribution in [0, 0.1) is 0 Å². The van der Waals surface area contributed by atoms with Gasteiger partial charge in [-0.3, -0.25) is 14.5 Å². The molecule has 0 aromatic carbocycles. The maximum Gasteiger partial charge on any atom is 0.317 e. The van der Waals surface area contributed by atoms with Crippen molar-refractivity contribution in [3.8, 4) is 0 Å². The Bertz CT molecular complexity index is 451. The molecule has 0 aromatic heterocycles. The first-order chi connectivity index (χ1) is 11.3. The van der Waals surface area contributed by atoms with Crippen LogP contribution in [-0.4, -0.2) is 77.7 Å². The summed E-state index contributed by atoms with van der Waals surface area (Å²) in [6.07, 6.45) is 1.65. The monoisotopic (exact) mass is 343 g/mol. The quantitative estimate of drug-likeness (QED) is 0.604. The molecule has 2 N–H and O–H groups in total. The number of carboxylic acids is 1. The number of ether oxygens (including phenoxy) is 1. The molecule has 8 nitrogen and oxygen atoms in total. The van der Waals surface area contributed by atoms with Crippen LogP contribution < -0.4 is 5.32 Å². The van der Waals surface area contributed by atoms with E-state index in [1.807, 2.05) is 11.8 Å². The van der Waals surface area contributed by atoms with Crippen LogP contribution in [-0.2, 0) is 14.3 Å². The Kier molecular flexibility index (Phi) is 7.97. The summed E-state index contributed by atoms with van der Waals surface area (Å²) in [6, 6.07) is -0.239. The van der Waals surface area contributed by atoms with E-state index in [2.05, 4.69) is 5.32 Å². The Morgan fingerprint density at radius 2 is 1.92 bits per heavy atom. The second-order valence-electron chi connectivity index (χ2n) is 6.20. The summed E-state index contributed by atoms with van der Waals surface area (Å²) in [5.41, 5.74) is 0. The molecule has 1 saturated carbocycles. The number of urea groups is 1. The maximum atomic E-state index is 12.2. The van der Waals surface area contributed by atoms with Gasteiger partial charge in [-0.05, 0) is 33.2 Å². The first-order valence-corrected chi connectivity index (χ1v) is 8.43. The molecule has 1 fully saturated rings. The molecule has 1 aliphatic carbocycles. The van der Waals surface area contributed by atoms with Crippen LogP contribution in [0.5, 0.6) is 0 Å². The molecular formula is C16H29N3O5. The summed E-state index contributed by atoms with van der Waals surface area (Å²) in [5, 5.41) is 11.8. The Morgan fingerprint density at radius 3 is 2.42 bits per heavy atom. The molecule has 0 aromatic rings. The molecule has 1 atom stereocenters. The van der Waals surface area contributed by atoms with Crippen LogP contribution in [0.1, 0.15) is 40.0 Å². The highest BCUT2D eigenvalue weighted by molar-refractivity contribution is 5.76. The van der Waals surface area contributed by atoms with Crippen molar-refractivity contribution in [3.63, 3.8) is 0 Å². The second-order valence-corrected chi connectivity index (χ2v) is 6.20. The molecule has 24 heavy (non-hydrogen) atoms. The van der Waals surface area contributed by atoms with Crippen molar-refractivity contribution < 1.29 is 24.2 Å². The molecule has 1 unspecified atom stereocenters. The van der Waals surface area contributed by atoms with E-state index < -0.39 is 5.97 Å². The highest BCUT2D eigenvalue weighted by Gasteiger charge is 2.35. The lowest BCUT2D eigenvalue weighted by atomic mass is 9.85. The highest BCUT2D eigenvalue weighted by Crippen LogP contribution is 2.25. The molecule has 1 aliphatic rings. The second kappa shape index (κ2) is 9.46. The van der Waals surface area contributed by atoms with Gasteiger partial charge in [0.25, 0.3) is 0 Å². The molecule has 0 saturated heterocycles. The van der Waals surface area contributed by atoms with Crippen molar-refractivity contribution in [1.29, 1.82) is 0 Å². The van der Waals surface area contributed by atoms with E-state index in [1.165, 1.54) is 4.90 Å². The fourth-order valence-electron chi connectivity index (χ4n) is 2.75. The fraction of sp³-hybridized carbons (Fsp3) is 0.812. The number of likely N-dealkylation sites (N-methyl/N-ethyl adjacent to an activating group) is 1. The van der Waals surface area contributed by atoms with Gasteiger partial charge in [0.1, 0.15) is 0 Å². The molecule has 138 valence electrons. The third-order valence-corrected chi connectivity index (χ3v) is 4.45. The molecule has 0 radical (unpaired) electrons. The fourth-order valence-corrected chi connectivity index (χ4v) is 2.75. The Balaban J connectivity index is 2.36. The standard InChI is InChI=1S/C16H29N3O5/c1-5-19(10-14(20)21)13-8-12(9-13)17-16(23)18(4)11(3)7-15(22)24-6-2/h11-13H,5-10H2,1-4H3,(H,17,23)(H,20,21). The number of aliphatic carboxylic acids is 1.